The number of piperidine rings is 1. The molecule has 3 nitrogen and oxygen atoms in total. The lowest BCUT2D eigenvalue weighted by atomic mass is 9.81. The molecule has 1 aromatic carbocycles. The van der Waals surface area contributed by atoms with Gasteiger partial charge in [-0.05, 0) is 48.6 Å². The second kappa shape index (κ2) is 6.60. The molecule has 25 heavy (non-hydrogen) atoms. The molecule has 1 saturated heterocycles. The van der Waals surface area contributed by atoms with E-state index in [0.717, 1.165) is 43.7 Å². The van der Waals surface area contributed by atoms with Gasteiger partial charge in [-0.2, -0.15) is 0 Å². The molecule has 1 aromatic heterocycles. The molecule has 2 aliphatic heterocycles. The third kappa shape index (κ3) is 3.19. The zero-order valence-corrected chi connectivity index (χ0v) is 14.5. The molecular formula is C21H23FN2O. The first kappa shape index (κ1) is 16.3. The summed E-state index contributed by atoms with van der Waals surface area (Å²) in [6.45, 7) is 5.59. The molecule has 0 amide bonds. The Kier molecular flexibility index (Phi) is 4.30. The monoisotopic (exact) mass is 338 g/mol. The van der Waals surface area contributed by atoms with Gasteiger partial charge in [0.05, 0.1) is 0 Å². The topological polar surface area (TPSA) is 25.2 Å². The zero-order valence-electron chi connectivity index (χ0n) is 14.5. The molecule has 0 spiro atoms. The van der Waals surface area contributed by atoms with Crippen LogP contribution in [0.5, 0.6) is 0 Å². The summed E-state index contributed by atoms with van der Waals surface area (Å²) in [5.41, 5.74) is 3.60. The average Bonchev–Trinajstić information content (AvgIpc) is 2.59. The number of hydrogen-bond acceptors (Lipinski definition) is 2. The van der Waals surface area contributed by atoms with Gasteiger partial charge in [0.25, 0.3) is 5.56 Å². The summed E-state index contributed by atoms with van der Waals surface area (Å²) in [6.07, 6.45) is 5.28. The number of aromatic nitrogens is 1. The summed E-state index contributed by atoms with van der Waals surface area (Å²) in [5.74, 6) is 0.696. The minimum Gasteiger partial charge on any atom is -0.311 e. The van der Waals surface area contributed by atoms with Crippen LogP contribution in [0.15, 0.2) is 47.3 Å². The average molecular weight is 338 g/mol. The number of fused-ring (bicyclic) bond motifs is 4. The van der Waals surface area contributed by atoms with Crippen molar-refractivity contribution < 1.29 is 4.39 Å². The minimum absolute atomic E-state index is 0.116. The Balaban J connectivity index is 1.62. The van der Waals surface area contributed by atoms with E-state index in [1.165, 1.54) is 17.8 Å². The van der Waals surface area contributed by atoms with Crippen molar-refractivity contribution in [2.45, 2.75) is 32.4 Å². The van der Waals surface area contributed by atoms with Crippen LogP contribution in [0, 0.1) is 11.7 Å². The Hall–Kier alpha value is -2.20. The Morgan fingerprint density at radius 3 is 2.68 bits per heavy atom. The number of rotatable bonds is 3. The van der Waals surface area contributed by atoms with Crippen LogP contribution in [0.4, 0.5) is 4.39 Å². The first-order chi connectivity index (χ1) is 12.1. The number of pyridine rings is 1. The van der Waals surface area contributed by atoms with Crippen LogP contribution in [0.1, 0.15) is 36.1 Å². The van der Waals surface area contributed by atoms with E-state index < -0.39 is 0 Å². The van der Waals surface area contributed by atoms with Gasteiger partial charge in [0.15, 0.2) is 0 Å². The van der Waals surface area contributed by atoms with Gasteiger partial charge in [-0.1, -0.05) is 24.3 Å². The molecule has 2 aromatic rings. The number of likely N-dealkylation sites (tertiary alicyclic amines) is 1. The second-order valence-corrected chi connectivity index (χ2v) is 7.24. The smallest absolute Gasteiger partial charge is 0.250 e. The lowest BCUT2D eigenvalue weighted by Crippen LogP contribution is -2.47. The molecule has 130 valence electrons. The number of nitrogens with zero attached hydrogens (tertiary/aromatic N) is 2. The Morgan fingerprint density at radius 1 is 1.12 bits per heavy atom. The highest BCUT2D eigenvalue weighted by molar-refractivity contribution is 5.53. The van der Waals surface area contributed by atoms with E-state index in [4.69, 9.17) is 0 Å². The van der Waals surface area contributed by atoms with E-state index in [0.29, 0.717) is 11.8 Å². The van der Waals surface area contributed by atoms with Crippen molar-refractivity contribution in [1.82, 2.24) is 9.47 Å². The molecule has 2 bridgehead atoms. The highest BCUT2D eigenvalue weighted by Crippen LogP contribution is 2.37. The van der Waals surface area contributed by atoms with Crippen LogP contribution in [-0.4, -0.2) is 22.6 Å². The normalized spacial score (nSPS) is 23.0. The highest BCUT2D eigenvalue weighted by atomic mass is 19.1. The minimum atomic E-state index is -0.191. The Labute approximate surface area is 147 Å². The molecule has 0 saturated carbocycles. The summed E-state index contributed by atoms with van der Waals surface area (Å²) in [5, 5.41) is 0. The molecule has 2 aliphatic rings. The van der Waals surface area contributed by atoms with Crippen molar-refractivity contribution in [3.05, 3.63) is 75.5 Å². The molecule has 2 atom stereocenters. The SMILES string of the molecule is C/C=C/c1ccc(=O)n2c1[C@@H]1C[C@@H](CN(Cc3ccc(F)cc3)C1)C2. The van der Waals surface area contributed by atoms with E-state index in [-0.39, 0.29) is 11.4 Å². The Bertz CT molecular complexity index is 853. The molecule has 0 unspecified atom stereocenters. The Morgan fingerprint density at radius 2 is 1.92 bits per heavy atom. The molecule has 3 heterocycles. The molecular weight excluding hydrogens is 315 g/mol. The van der Waals surface area contributed by atoms with Crippen LogP contribution in [-0.2, 0) is 13.1 Å². The quantitative estimate of drug-likeness (QED) is 0.854. The summed E-state index contributed by atoms with van der Waals surface area (Å²) >= 11 is 0. The van der Waals surface area contributed by atoms with Gasteiger partial charge in [-0.25, -0.2) is 4.39 Å². The van der Waals surface area contributed by atoms with Crippen molar-refractivity contribution in [1.29, 1.82) is 0 Å². The van der Waals surface area contributed by atoms with Crippen LogP contribution in [0.2, 0.25) is 0 Å². The third-order valence-electron chi connectivity index (χ3n) is 5.36. The maximum atomic E-state index is 13.1. The summed E-state index contributed by atoms with van der Waals surface area (Å²) < 4.78 is 15.1. The lowest BCUT2D eigenvalue weighted by Gasteiger charge is -2.43. The molecule has 4 heteroatoms. The van der Waals surface area contributed by atoms with Crippen molar-refractivity contribution in [2.75, 3.05) is 13.1 Å². The van der Waals surface area contributed by atoms with E-state index in [1.54, 1.807) is 6.07 Å². The molecule has 0 N–H and O–H groups in total. The fourth-order valence-corrected chi connectivity index (χ4v) is 4.44. The molecule has 0 radical (unpaired) electrons. The van der Waals surface area contributed by atoms with E-state index in [9.17, 15) is 9.18 Å². The van der Waals surface area contributed by atoms with Gasteiger partial charge in [-0.15, -0.1) is 0 Å². The standard InChI is InChI=1S/C21H23FN2O/c1-2-3-17-6-9-20(25)24-13-16-10-18(21(17)24)14-23(12-16)11-15-4-7-19(22)8-5-15/h2-9,16,18H,10-14H2,1H3/b3-2+/t16-,18+/m0/s1. The molecule has 1 fully saturated rings. The first-order valence-electron chi connectivity index (χ1n) is 8.97. The predicted molar refractivity (Wildman–Crippen MR) is 97.9 cm³/mol. The van der Waals surface area contributed by atoms with Gasteiger partial charge in [-0.3, -0.25) is 9.69 Å². The maximum absolute atomic E-state index is 13.1. The highest BCUT2D eigenvalue weighted by Gasteiger charge is 2.35. The van der Waals surface area contributed by atoms with Gasteiger partial charge in [0.1, 0.15) is 5.82 Å². The third-order valence-corrected chi connectivity index (χ3v) is 5.36. The van der Waals surface area contributed by atoms with E-state index in [1.807, 2.05) is 35.8 Å². The number of hydrogen-bond donors (Lipinski definition) is 0. The maximum Gasteiger partial charge on any atom is 0.250 e. The zero-order chi connectivity index (χ0) is 17.4. The van der Waals surface area contributed by atoms with Crippen molar-refractivity contribution in [3.8, 4) is 0 Å². The van der Waals surface area contributed by atoms with Crippen LogP contribution >= 0.6 is 0 Å². The largest absolute Gasteiger partial charge is 0.311 e. The predicted octanol–water partition coefficient (Wildman–Crippen LogP) is 3.64. The lowest BCUT2D eigenvalue weighted by molar-refractivity contribution is 0.114. The van der Waals surface area contributed by atoms with Crippen molar-refractivity contribution in [3.63, 3.8) is 0 Å². The van der Waals surface area contributed by atoms with Gasteiger partial charge in [0.2, 0.25) is 0 Å². The summed E-state index contributed by atoms with van der Waals surface area (Å²) in [4.78, 5) is 14.8. The number of allylic oxidation sites excluding steroid dienone is 1. The summed E-state index contributed by atoms with van der Waals surface area (Å²) in [7, 11) is 0. The van der Waals surface area contributed by atoms with Crippen molar-refractivity contribution >= 4 is 6.08 Å². The summed E-state index contributed by atoms with van der Waals surface area (Å²) in [6, 6.07) is 10.4. The first-order valence-corrected chi connectivity index (χ1v) is 8.97. The molecule has 0 aliphatic carbocycles. The molecule has 4 rings (SSSR count). The fourth-order valence-electron chi connectivity index (χ4n) is 4.44. The number of halogens is 1. The van der Waals surface area contributed by atoms with E-state index >= 15 is 0 Å². The number of benzene rings is 1. The van der Waals surface area contributed by atoms with Gasteiger partial charge >= 0.3 is 0 Å². The van der Waals surface area contributed by atoms with Crippen LogP contribution < -0.4 is 5.56 Å². The van der Waals surface area contributed by atoms with E-state index in [2.05, 4.69) is 11.0 Å². The van der Waals surface area contributed by atoms with Gasteiger partial charge in [0, 0.05) is 43.9 Å². The fraction of sp³-hybridized carbons (Fsp3) is 0.381. The van der Waals surface area contributed by atoms with Gasteiger partial charge < -0.3 is 4.57 Å². The van der Waals surface area contributed by atoms with Crippen molar-refractivity contribution in [2.24, 2.45) is 5.92 Å². The second-order valence-electron chi connectivity index (χ2n) is 7.24. The van der Waals surface area contributed by atoms with Crippen LogP contribution in [0.25, 0.3) is 6.08 Å². The van der Waals surface area contributed by atoms with Crippen LogP contribution in [0.3, 0.4) is 0 Å².